The first-order chi connectivity index (χ1) is 8.86. The zero-order valence-corrected chi connectivity index (χ0v) is 9.78. The van der Waals surface area contributed by atoms with Crippen LogP contribution in [0.4, 0.5) is 5.82 Å². The van der Waals surface area contributed by atoms with Gasteiger partial charge in [0, 0.05) is 6.04 Å². The molecule has 5 heteroatoms. The van der Waals surface area contributed by atoms with Crippen LogP contribution in [0.25, 0.3) is 0 Å². The molecule has 0 saturated heterocycles. The lowest BCUT2D eigenvalue weighted by molar-refractivity contribution is 0.500. The zero-order valence-electron chi connectivity index (χ0n) is 9.78. The summed E-state index contributed by atoms with van der Waals surface area (Å²) in [6, 6.07) is 6.31. The number of hydrogen-bond donors (Lipinski definition) is 0. The van der Waals surface area contributed by atoms with Crippen LogP contribution in [0.2, 0.25) is 0 Å². The Morgan fingerprint density at radius 1 is 1.39 bits per heavy atom. The summed E-state index contributed by atoms with van der Waals surface area (Å²) in [5.41, 5.74) is 0.340. The molecule has 0 amide bonds. The van der Waals surface area contributed by atoms with E-state index in [2.05, 4.69) is 14.9 Å². The fraction of sp³-hybridized carbons (Fsp3) is 0.308. The molecule has 90 valence electrons. The quantitative estimate of drug-likeness (QED) is 0.818. The molecule has 1 aliphatic rings. The van der Waals surface area contributed by atoms with Gasteiger partial charge >= 0.3 is 0 Å². The van der Waals surface area contributed by atoms with E-state index in [9.17, 15) is 0 Å². The molecule has 0 bridgehead atoms. The number of nitrogens with zero attached hydrogens (tertiary/aromatic N) is 4. The average molecular weight is 240 g/mol. The van der Waals surface area contributed by atoms with E-state index in [1.165, 1.54) is 19.0 Å². The Morgan fingerprint density at radius 3 is 2.83 bits per heavy atom. The molecule has 1 fully saturated rings. The van der Waals surface area contributed by atoms with Gasteiger partial charge in [0.15, 0.2) is 5.69 Å². The van der Waals surface area contributed by atoms with Crippen LogP contribution < -0.4 is 4.90 Å². The zero-order chi connectivity index (χ0) is 12.4. The third kappa shape index (κ3) is 2.18. The summed E-state index contributed by atoms with van der Waals surface area (Å²) in [7, 11) is 0. The molecular formula is C13H12N4O. The molecular weight excluding hydrogens is 228 g/mol. The summed E-state index contributed by atoms with van der Waals surface area (Å²) in [6.45, 7) is 0.693. The first kappa shape index (κ1) is 10.8. The maximum atomic E-state index is 8.71. The second kappa shape index (κ2) is 4.49. The third-order valence-corrected chi connectivity index (χ3v) is 2.94. The predicted molar refractivity (Wildman–Crippen MR) is 64.7 cm³/mol. The van der Waals surface area contributed by atoms with Gasteiger partial charge in [-0.15, -0.1) is 0 Å². The van der Waals surface area contributed by atoms with Crippen molar-refractivity contribution < 1.29 is 4.42 Å². The monoisotopic (exact) mass is 240 g/mol. The molecule has 2 heterocycles. The van der Waals surface area contributed by atoms with E-state index in [1.807, 2.05) is 18.2 Å². The highest BCUT2D eigenvalue weighted by Crippen LogP contribution is 2.31. The fourth-order valence-corrected chi connectivity index (χ4v) is 1.88. The van der Waals surface area contributed by atoms with Crippen LogP contribution in [0.3, 0.4) is 0 Å². The first-order valence-corrected chi connectivity index (χ1v) is 5.88. The van der Waals surface area contributed by atoms with Crippen LogP contribution in [0.5, 0.6) is 0 Å². The van der Waals surface area contributed by atoms with Gasteiger partial charge in [-0.05, 0) is 25.0 Å². The van der Waals surface area contributed by atoms with Crippen molar-refractivity contribution in [2.45, 2.75) is 25.4 Å². The molecule has 18 heavy (non-hydrogen) atoms. The lowest BCUT2D eigenvalue weighted by Crippen LogP contribution is -2.25. The number of rotatable bonds is 4. The highest BCUT2D eigenvalue weighted by atomic mass is 16.3. The normalized spacial score (nSPS) is 14.2. The molecule has 0 unspecified atom stereocenters. The van der Waals surface area contributed by atoms with Crippen LogP contribution in [-0.4, -0.2) is 16.0 Å². The summed E-state index contributed by atoms with van der Waals surface area (Å²) in [6.07, 6.45) is 7.17. The Balaban J connectivity index is 1.82. The molecule has 0 aliphatic heterocycles. The summed E-state index contributed by atoms with van der Waals surface area (Å²) >= 11 is 0. The molecule has 2 aromatic rings. The average Bonchev–Trinajstić information content (AvgIpc) is 3.13. The van der Waals surface area contributed by atoms with E-state index < -0.39 is 0 Å². The van der Waals surface area contributed by atoms with E-state index in [4.69, 9.17) is 9.68 Å². The van der Waals surface area contributed by atoms with Gasteiger partial charge in [-0.2, -0.15) is 5.26 Å². The Labute approximate surface area is 105 Å². The van der Waals surface area contributed by atoms with Crippen molar-refractivity contribution in [3.8, 4) is 6.07 Å². The van der Waals surface area contributed by atoms with Crippen molar-refractivity contribution in [2.24, 2.45) is 0 Å². The first-order valence-electron chi connectivity index (χ1n) is 5.88. The van der Waals surface area contributed by atoms with Crippen molar-refractivity contribution in [3.05, 3.63) is 42.2 Å². The van der Waals surface area contributed by atoms with Gasteiger partial charge in [-0.25, -0.2) is 9.97 Å². The third-order valence-electron chi connectivity index (χ3n) is 2.94. The van der Waals surface area contributed by atoms with Crippen molar-refractivity contribution in [1.82, 2.24) is 9.97 Å². The van der Waals surface area contributed by atoms with E-state index >= 15 is 0 Å². The van der Waals surface area contributed by atoms with Gasteiger partial charge in [-0.1, -0.05) is 0 Å². The van der Waals surface area contributed by atoms with Crippen LogP contribution in [0, 0.1) is 11.3 Å². The van der Waals surface area contributed by atoms with Gasteiger partial charge in [0.2, 0.25) is 0 Å². The van der Waals surface area contributed by atoms with Crippen molar-refractivity contribution in [2.75, 3.05) is 4.90 Å². The van der Waals surface area contributed by atoms with Crippen LogP contribution in [-0.2, 0) is 6.54 Å². The number of nitriles is 1. The predicted octanol–water partition coefficient (Wildman–Crippen LogP) is 2.11. The maximum absolute atomic E-state index is 8.71. The standard InChI is InChI=1S/C13H12N4O/c14-6-10-7-16-13(8-15-10)17(11-3-4-11)9-12-2-1-5-18-12/h1-2,5,7-8,11H,3-4,9H2. The molecule has 0 atom stereocenters. The molecule has 3 rings (SSSR count). The Bertz CT molecular complexity index is 552. The van der Waals surface area contributed by atoms with E-state index in [0.717, 1.165) is 11.6 Å². The van der Waals surface area contributed by atoms with Crippen molar-refractivity contribution in [1.29, 1.82) is 5.26 Å². The van der Waals surface area contributed by atoms with Crippen molar-refractivity contribution >= 4 is 5.82 Å². The highest BCUT2D eigenvalue weighted by Gasteiger charge is 2.30. The largest absolute Gasteiger partial charge is 0.467 e. The molecule has 0 radical (unpaired) electrons. The van der Waals surface area contributed by atoms with Crippen molar-refractivity contribution in [3.63, 3.8) is 0 Å². The fourth-order valence-electron chi connectivity index (χ4n) is 1.88. The van der Waals surface area contributed by atoms with Crippen LogP contribution in [0.15, 0.2) is 35.2 Å². The number of anilines is 1. The SMILES string of the molecule is N#Cc1cnc(N(Cc2ccco2)C2CC2)cn1. The number of furan rings is 1. The van der Waals surface area contributed by atoms with Gasteiger partial charge in [-0.3, -0.25) is 0 Å². The molecule has 1 aliphatic carbocycles. The molecule has 1 saturated carbocycles. The minimum atomic E-state index is 0.340. The smallest absolute Gasteiger partial charge is 0.158 e. The number of hydrogen-bond acceptors (Lipinski definition) is 5. The lowest BCUT2D eigenvalue weighted by Gasteiger charge is -2.21. The molecule has 5 nitrogen and oxygen atoms in total. The topological polar surface area (TPSA) is 66.0 Å². The Kier molecular flexibility index (Phi) is 2.69. The van der Waals surface area contributed by atoms with E-state index in [-0.39, 0.29) is 0 Å². The maximum Gasteiger partial charge on any atom is 0.158 e. The van der Waals surface area contributed by atoms with E-state index in [0.29, 0.717) is 18.3 Å². The van der Waals surface area contributed by atoms with Gasteiger partial charge < -0.3 is 9.32 Å². The molecule has 2 aromatic heterocycles. The van der Waals surface area contributed by atoms with E-state index in [1.54, 1.807) is 12.5 Å². The van der Waals surface area contributed by atoms with Gasteiger partial charge in [0.1, 0.15) is 17.6 Å². The second-order valence-electron chi connectivity index (χ2n) is 4.31. The van der Waals surface area contributed by atoms with Gasteiger partial charge in [0.05, 0.1) is 25.2 Å². The second-order valence-corrected chi connectivity index (χ2v) is 4.31. The summed E-state index contributed by atoms with van der Waals surface area (Å²) in [5, 5.41) is 8.71. The molecule has 0 N–H and O–H groups in total. The molecule has 0 aromatic carbocycles. The van der Waals surface area contributed by atoms with Crippen LogP contribution >= 0.6 is 0 Å². The summed E-state index contributed by atoms with van der Waals surface area (Å²) in [4.78, 5) is 10.5. The summed E-state index contributed by atoms with van der Waals surface area (Å²) < 4.78 is 5.37. The summed E-state index contributed by atoms with van der Waals surface area (Å²) in [5.74, 6) is 1.71. The van der Waals surface area contributed by atoms with Crippen LogP contribution in [0.1, 0.15) is 24.3 Å². The Hall–Kier alpha value is -2.35. The number of aromatic nitrogens is 2. The highest BCUT2D eigenvalue weighted by molar-refractivity contribution is 5.40. The minimum Gasteiger partial charge on any atom is -0.467 e. The lowest BCUT2D eigenvalue weighted by atomic mass is 10.3. The van der Waals surface area contributed by atoms with Gasteiger partial charge in [0.25, 0.3) is 0 Å². The minimum absolute atomic E-state index is 0.340. The molecule has 0 spiro atoms. The Morgan fingerprint density at radius 2 is 2.28 bits per heavy atom.